The van der Waals surface area contributed by atoms with Crippen molar-refractivity contribution >= 4 is 5.97 Å². The first-order valence-electron chi connectivity index (χ1n) is 3.02. The highest BCUT2D eigenvalue weighted by Gasteiger charge is 2.37. The lowest BCUT2D eigenvalue weighted by molar-refractivity contribution is -0.146. The quantitative estimate of drug-likeness (QED) is 0.496. The van der Waals surface area contributed by atoms with E-state index in [0.29, 0.717) is 6.61 Å². The van der Waals surface area contributed by atoms with Crippen molar-refractivity contribution in [1.82, 2.24) is 0 Å². The third-order valence-corrected chi connectivity index (χ3v) is 1.52. The number of carbonyl (C=O) groups excluding carboxylic acids is 1. The molecule has 0 aliphatic carbocycles. The maximum Gasteiger partial charge on any atom is 0.338 e. The summed E-state index contributed by atoms with van der Waals surface area (Å²) < 4.78 is 14.4. The van der Waals surface area contributed by atoms with Gasteiger partial charge in [-0.1, -0.05) is 0 Å². The Hall–Kier alpha value is -0.610. The first-order chi connectivity index (χ1) is 4.79. The lowest BCUT2D eigenvalue weighted by Crippen LogP contribution is -2.30. The Labute approximate surface area is 59.1 Å². The maximum atomic E-state index is 10.7. The number of esters is 1. The number of methoxy groups -OCH3 is 2. The second-order valence-electron chi connectivity index (χ2n) is 2.06. The zero-order valence-electron chi connectivity index (χ0n) is 5.99. The zero-order chi connectivity index (χ0) is 7.56. The summed E-state index contributed by atoms with van der Waals surface area (Å²) in [7, 11) is 2.99. The normalized spacial score (nSPS) is 32.4. The SMILES string of the molecule is CO[C@@H]1COC(=O)[C@@H]1OC. The van der Waals surface area contributed by atoms with E-state index in [1.165, 1.54) is 14.2 Å². The first-order valence-corrected chi connectivity index (χ1v) is 3.02. The summed E-state index contributed by atoms with van der Waals surface area (Å²) in [5.74, 6) is -0.339. The molecule has 2 atom stereocenters. The molecule has 1 heterocycles. The monoisotopic (exact) mass is 146 g/mol. The number of cyclic esters (lactones) is 1. The van der Waals surface area contributed by atoms with E-state index < -0.39 is 6.10 Å². The average Bonchev–Trinajstić information content (AvgIpc) is 2.30. The fraction of sp³-hybridized carbons (Fsp3) is 0.833. The summed E-state index contributed by atoms with van der Waals surface area (Å²) in [5, 5.41) is 0. The highest BCUT2D eigenvalue weighted by Crippen LogP contribution is 2.12. The van der Waals surface area contributed by atoms with Crippen molar-refractivity contribution in [1.29, 1.82) is 0 Å². The molecule has 4 nitrogen and oxygen atoms in total. The van der Waals surface area contributed by atoms with Crippen molar-refractivity contribution in [3.63, 3.8) is 0 Å². The summed E-state index contributed by atoms with van der Waals surface area (Å²) in [5.41, 5.74) is 0. The van der Waals surface area contributed by atoms with Crippen LogP contribution < -0.4 is 0 Å². The van der Waals surface area contributed by atoms with Crippen LogP contribution in [0.15, 0.2) is 0 Å². The summed E-state index contributed by atoms with van der Waals surface area (Å²) in [4.78, 5) is 10.7. The molecule has 58 valence electrons. The van der Waals surface area contributed by atoms with Gasteiger partial charge < -0.3 is 14.2 Å². The summed E-state index contributed by atoms with van der Waals surface area (Å²) in [6.45, 7) is 0.299. The molecule has 0 spiro atoms. The van der Waals surface area contributed by atoms with Crippen molar-refractivity contribution in [3.05, 3.63) is 0 Å². The molecule has 1 saturated heterocycles. The fourth-order valence-electron chi connectivity index (χ4n) is 0.925. The van der Waals surface area contributed by atoms with Gasteiger partial charge in [-0.25, -0.2) is 4.79 Å². The van der Waals surface area contributed by atoms with Gasteiger partial charge in [-0.15, -0.1) is 0 Å². The van der Waals surface area contributed by atoms with Gasteiger partial charge in [-0.05, 0) is 0 Å². The van der Waals surface area contributed by atoms with Gasteiger partial charge in [0.25, 0.3) is 0 Å². The van der Waals surface area contributed by atoms with E-state index in [4.69, 9.17) is 9.47 Å². The third kappa shape index (κ3) is 1.12. The van der Waals surface area contributed by atoms with Gasteiger partial charge in [-0.2, -0.15) is 0 Å². The van der Waals surface area contributed by atoms with Crippen molar-refractivity contribution in [3.8, 4) is 0 Å². The molecule has 0 aromatic rings. The molecule has 1 rings (SSSR count). The van der Waals surface area contributed by atoms with Gasteiger partial charge in [0.2, 0.25) is 0 Å². The molecule has 1 fully saturated rings. The van der Waals surface area contributed by atoms with Crippen LogP contribution in [0.3, 0.4) is 0 Å². The lowest BCUT2D eigenvalue weighted by Gasteiger charge is -2.10. The number of rotatable bonds is 2. The van der Waals surface area contributed by atoms with E-state index >= 15 is 0 Å². The van der Waals surface area contributed by atoms with Gasteiger partial charge in [0, 0.05) is 14.2 Å². The second-order valence-corrected chi connectivity index (χ2v) is 2.06. The van der Waals surface area contributed by atoms with E-state index in [1.54, 1.807) is 0 Å². The van der Waals surface area contributed by atoms with Crippen LogP contribution in [0.4, 0.5) is 0 Å². The first kappa shape index (κ1) is 7.50. The predicted octanol–water partition coefficient (Wildman–Crippen LogP) is -0.427. The van der Waals surface area contributed by atoms with Crippen LogP contribution in [0.2, 0.25) is 0 Å². The number of hydrogen-bond donors (Lipinski definition) is 0. The fourth-order valence-corrected chi connectivity index (χ4v) is 0.925. The summed E-state index contributed by atoms with van der Waals surface area (Å²) in [6.07, 6.45) is -0.775. The van der Waals surface area contributed by atoms with E-state index in [-0.39, 0.29) is 12.1 Å². The van der Waals surface area contributed by atoms with Crippen LogP contribution in [0.5, 0.6) is 0 Å². The number of hydrogen-bond acceptors (Lipinski definition) is 4. The molecule has 0 radical (unpaired) electrons. The van der Waals surface area contributed by atoms with Crippen molar-refractivity contribution in [2.24, 2.45) is 0 Å². The largest absolute Gasteiger partial charge is 0.461 e. The Morgan fingerprint density at radius 2 is 2.20 bits per heavy atom. The Balaban J connectivity index is 2.54. The lowest BCUT2D eigenvalue weighted by atomic mass is 10.2. The third-order valence-electron chi connectivity index (χ3n) is 1.52. The molecule has 0 amide bonds. The van der Waals surface area contributed by atoms with Crippen LogP contribution in [0.1, 0.15) is 0 Å². The van der Waals surface area contributed by atoms with Crippen LogP contribution in [-0.4, -0.2) is 39.0 Å². The van der Waals surface area contributed by atoms with Gasteiger partial charge in [0.1, 0.15) is 12.7 Å². The van der Waals surface area contributed by atoms with Gasteiger partial charge in [-0.3, -0.25) is 0 Å². The minimum atomic E-state index is -0.537. The molecular weight excluding hydrogens is 136 g/mol. The molecule has 0 bridgehead atoms. The molecule has 0 N–H and O–H groups in total. The van der Waals surface area contributed by atoms with Gasteiger partial charge in [0.15, 0.2) is 6.10 Å². The molecular formula is C6H10O4. The minimum Gasteiger partial charge on any atom is -0.461 e. The van der Waals surface area contributed by atoms with E-state index in [1.807, 2.05) is 0 Å². The Morgan fingerprint density at radius 1 is 1.50 bits per heavy atom. The van der Waals surface area contributed by atoms with E-state index in [0.717, 1.165) is 0 Å². The maximum absolute atomic E-state index is 10.7. The predicted molar refractivity (Wildman–Crippen MR) is 32.6 cm³/mol. The van der Waals surface area contributed by atoms with Crippen LogP contribution in [0.25, 0.3) is 0 Å². The van der Waals surface area contributed by atoms with Gasteiger partial charge >= 0.3 is 5.97 Å². The summed E-state index contributed by atoms with van der Waals surface area (Å²) in [6, 6.07) is 0. The molecule has 0 aromatic heterocycles. The van der Waals surface area contributed by atoms with Crippen LogP contribution in [0, 0.1) is 0 Å². The van der Waals surface area contributed by atoms with Crippen molar-refractivity contribution in [2.45, 2.75) is 12.2 Å². The average molecular weight is 146 g/mol. The van der Waals surface area contributed by atoms with E-state index in [2.05, 4.69) is 4.74 Å². The molecule has 10 heavy (non-hydrogen) atoms. The number of ether oxygens (including phenoxy) is 3. The van der Waals surface area contributed by atoms with Crippen molar-refractivity contribution < 1.29 is 19.0 Å². The smallest absolute Gasteiger partial charge is 0.338 e. The van der Waals surface area contributed by atoms with Crippen LogP contribution in [-0.2, 0) is 19.0 Å². The van der Waals surface area contributed by atoms with Crippen molar-refractivity contribution in [2.75, 3.05) is 20.8 Å². The molecule has 0 unspecified atom stereocenters. The number of carbonyl (C=O) groups is 1. The summed E-state index contributed by atoms with van der Waals surface area (Å²) >= 11 is 0. The van der Waals surface area contributed by atoms with E-state index in [9.17, 15) is 4.79 Å². The Morgan fingerprint density at radius 3 is 2.60 bits per heavy atom. The molecule has 1 aliphatic heterocycles. The van der Waals surface area contributed by atoms with Gasteiger partial charge in [0.05, 0.1) is 0 Å². The topological polar surface area (TPSA) is 44.8 Å². The Kier molecular flexibility index (Phi) is 2.24. The second kappa shape index (κ2) is 2.98. The molecule has 0 aromatic carbocycles. The van der Waals surface area contributed by atoms with Crippen LogP contribution >= 0.6 is 0 Å². The standard InChI is InChI=1S/C6H10O4/c1-8-4-3-10-6(7)5(4)9-2/h4-5H,3H2,1-2H3/t4-,5-/m1/s1. The highest BCUT2D eigenvalue weighted by atomic mass is 16.6. The Bertz CT molecular complexity index is 134. The molecule has 1 aliphatic rings. The minimum absolute atomic E-state index is 0.238. The highest BCUT2D eigenvalue weighted by molar-refractivity contribution is 5.77. The molecule has 0 saturated carbocycles. The molecule has 4 heteroatoms. The zero-order valence-corrected chi connectivity index (χ0v) is 5.99.